The van der Waals surface area contributed by atoms with Crippen LogP contribution in [0.5, 0.6) is 0 Å². The second-order valence-electron chi connectivity index (χ2n) is 5.76. The van der Waals surface area contributed by atoms with Crippen molar-refractivity contribution in [3.8, 4) is 0 Å². The maximum atomic E-state index is 12.8. The summed E-state index contributed by atoms with van der Waals surface area (Å²) in [5.41, 5.74) is 0.990. The summed E-state index contributed by atoms with van der Waals surface area (Å²) in [6.45, 7) is 6.34. The summed E-state index contributed by atoms with van der Waals surface area (Å²) in [6, 6.07) is 10.1. The van der Waals surface area contributed by atoms with Crippen LogP contribution in [0.3, 0.4) is 0 Å². The third kappa shape index (κ3) is 2.16. The molecule has 1 aromatic rings. The van der Waals surface area contributed by atoms with Crippen LogP contribution in [-0.4, -0.2) is 37.0 Å². The summed E-state index contributed by atoms with van der Waals surface area (Å²) in [5.74, 6) is 0.356. The van der Waals surface area contributed by atoms with Crippen LogP contribution in [-0.2, 0) is 4.79 Å². The third-order valence-electron chi connectivity index (χ3n) is 4.84. The number of nitrogens with zero attached hydrogens (tertiary/aromatic N) is 2. The van der Waals surface area contributed by atoms with Crippen LogP contribution in [0, 0.1) is 5.41 Å². The van der Waals surface area contributed by atoms with Crippen LogP contribution in [0.25, 0.3) is 0 Å². The van der Waals surface area contributed by atoms with Gasteiger partial charge in [0, 0.05) is 12.2 Å². The highest BCUT2D eigenvalue weighted by Gasteiger charge is 2.48. The van der Waals surface area contributed by atoms with Gasteiger partial charge in [0.2, 0.25) is 5.91 Å². The first-order valence-corrected chi connectivity index (χ1v) is 7.34. The van der Waals surface area contributed by atoms with E-state index in [-0.39, 0.29) is 5.41 Å². The number of rotatable bonds is 2. The van der Waals surface area contributed by atoms with Crippen molar-refractivity contribution in [2.75, 3.05) is 31.1 Å². The summed E-state index contributed by atoms with van der Waals surface area (Å²) >= 11 is 0. The van der Waals surface area contributed by atoms with Crippen LogP contribution >= 0.6 is 0 Å². The predicted molar refractivity (Wildman–Crippen MR) is 77.2 cm³/mol. The minimum atomic E-state index is -0.0679. The zero-order valence-electron chi connectivity index (χ0n) is 11.6. The Morgan fingerprint density at radius 1 is 1.05 bits per heavy atom. The molecule has 0 atom stereocenters. The number of carbonyl (C=O) groups excluding carboxylic acids is 1. The second-order valence-corrected chi connectivity index (χ2v) is 5.76. The molecule has 102 valence electrons. The van der Waals surface area contributed by atoms with E-state index in [0.717, 1.165) is 51.1 Å². The van der Waals surface area contributed by atoms with Gasteiger partial charge in [-0.3, -0.25) is 4.79 Å². The predicted octanol–water partition coefficient (Wildman–Crippen LogP) is 2.53. The van der Waals surface area contributed by atoms with Gasteiger partial charge < -0.3 is 9.80 Å². The summed E-state index contributed by atoms with van der Waals surface area (Å²) in [6.07, 6.45) is 3.09. The van der Waals surface area contributed by atoms with Gasteiger partial charge in [-0.1, -0.05) is 25.1 Å². The number of amides is 1. The molecule has 19 heavy (non-hydrogen) atoms. The molecule has 0 N–H and O–H groups in total. The molecule has 2 aliphatic rings. The van der Waals surface area contributed by atoms with Crippen molar-refractivity contribution in [3.05, 3.63) is 30.3 Å². The maximum absolute atomic E-state index is 12.8. The lowest BCUT2D eigenvalue weighted by Gasteiger charge is -2.37. The first-order valence-electron chi connectivity index (χ1n) is 7.34. The van der Waals surface area contributed by atoms with Crippen molar-refractivity contribution in [1.29, 1.82) is 0 Å². The number of likely N-dealkylation sites (tertiary alicyclic amines) is 1. The SMILES string of the molecule is CCN1CCC2(CC1)CCN(c1ccccc1)C2=O. The smallest absolute Gasteiger partial charge is 0.233 e. The fraction of sp³-hybridized carbons (Fsp3) is 0.562. The van der Waals surface area contributed by atoms with Crippen molar-refractivity contribution < 1.29 is 4.79 Å². The zero-order chi connectivity index (χ0) is 13.3. The standard InChI is InChI=1S/C16H22N2O/c1-2-17-11-8-16(9-12-17)10-13-18(15(16)19)14-6-4-3-5-7-14/h3-7H,2,8-13H2,1H3. The van der Waals surface area contributed by atoms with Crippen molar-refractivity contribution in [2.24, 2.45) is 5.41 Å². The molecule has 0 saturated carbocycles. The Bertz CT molecular complexity index is 449. The van der Waals surface area contributed by atoms with Gasteiger partial charge in [-0.15, -0.1) is 0 Å². The topological polar surface area (TPSA) is 23.6 Å². The van der Waals surface area contributed by atoms with Gasteiger partial charge in [-0.05, 0) is 51.0 Å². The summed E-state index contributed by atoms with van der Waals surface area (Å²) in [5, 5.41) is 0. The Labute approximate surface area is 115 Å². The van der Waals surface area contributed by atoms with Gasteiger partial charge in [-0.25, -0.2) is 0 Å². The Balaban J connectivity index is 1.76. The Morgan fingerprint density at radius 3 is 2.32 bits per heavy atom. The first-order chi connectivity index (χ1) is 9.25. The molecule has 0 aromatic heterocycles. The van der Waals surface area contributed by atoms with Crippen LogP contribution in [0.2, 0.25) is 0 Å². The highest BCUT2D eigenvalue weighted by Crippen LogP contribution is 2.42. The molecule has 2 heterocycles. The van der Waals surface area contributed by atoms with E-state index in [9.17, 15) is 4.79 Å². The van der Waals surface area contributed by atoms with E-state index >= 15 is 0 Å². The highest BCUT2D eigenvalue weighted by atomic mass is 16.2. The molecule has 0 unspecified atom stereocenters. The monoisotopic (exact) mass is 258 g/mol. The number of benzene rings is 1. The van der Waals surface area contributed by atoms with Gasteiger partial charge in [0.25, 0.3) is 0 Å². The summed E-state index contributed by atoms with van der Waals surface area (Å²) in [7, 11) is 0. The molecule has 3 heteroatoms. The van der Waals surface area contributed by atoms with Crippen molar-refractivity contribution in [3.63, 3.8) is 0 Å². The van der Waals surface area contributed by atoms with E-state index in [1.54, 1.807) is 0 Å². The Kier molecular flexibility index (Phi) is 3.31. The summed E-state index contributed by atoms with van der Waals surface area (Å²) in [4.78, 5) is 17.2. The zero-order valence-corrected chi connectivity index (χ0v) is 11.6. The molecule has 3 rings (SSSR count). The minimum Gasteiger partial charge on any atom is -0.312 e. The van der Waals surface area contributed by atoms with Crippen LogP contribution < -0.4 is 4.90 Å². The largest absolute Gasteiger partial charge is 0.312 e. The van der Waals surface area contributed by atoms with Crippen molar-refractivity contribution in [2.45, 2.75) is 26.2 Å². The first kappa shape index (κ1) is 12.7. The third-order valence-corrected chi connectivity index (χ3v) is 4.84. The van der Waals surface area contributed by atoms with Gasteiger partial charge in [-0.2, -0.15) is 0 Å². The number of piperidine rings is 1. The fourth-order valence-corrected chi connectivity index (χ4v) is 3.44. The fourth-order valence-electron chi connectivity index (χ4n) is 3.44. The second kappa shape index (κ2) is 4.97. The molecular formula is C16H22N2O. The number of hydrogen-bond acceptors (Lipinski definition) is 2. The maximum Gasteiger partial charge on any atom is 0.233 e. The number of carbonyl (C=O) groups is 1. The Hall–Kier alpha value is -1.35. The average Bonchev–Trinajstić information content (AvgIpc) is 2.78. The number of hydrogen-bond donors (Lipinski definition) is 0. The number of para-hydroxylation sites is 1. The lowest BCUT2D eigenvalue weighted by atomic mass is 9.77. The van der Waals surface area contributed by atoms with Crippen LogP contribution in [0.4, 0.5) is 5.69 Å². The molecule has 0 radical (unpaired) electrons. The molecule has 0 aliphatic carbocycles. The van der Waals surface area contributed by atoms with E-state index in [2.05, 4.69) is 11.8 Å². The van der Waals surface area contributed by atoms with Crippen LogP contribution in [0.1, 0.15) is 26.2 Å². The molecule has 2 saturated heterocycles. The molecule has 3 nitrogen and oxygen atoms in total. The minimum absolute atomic E-state index is 0.0679. The average molecular weight is 258 g/mol. The van der Waals surface area contributed by atoms with Gasteiger partial charge in [0.05, 0.1) is 5.41 Å². The molecule has 1 amide bonds. The van der Waals surface area contributed by atoms with E-state index in [0.29, 0.717) is 5.91 Å². The molecule has 2 fully saturated rings. The van der Waals surface area contributed by atoms with E-state index in [1.165, 1.54) is 0 Å². The lowest BCUT2D eigenvalue weighted by molar-refractivity contribution is -0.127. The van der Waals surface area contributed by atoms with Crippen molar-refractivity contribution >= 4 is 11.6 Å². The van der Waals surface area contributed by atoms with Crippen molar-refractivity contribution in [1.82, 2.24) is 4.90 Å². The summed E-state index contributed by atoms with van der Waals surface area (Å²) < 4.78 is 0. The van der Waals surface area contributed by atoms with E-state index in [4.69, 9.17) is 0 Å². The molecule has 2 aliphatic heterocycles. The number of anilines is 1. The van der Waals surface area contributed by atoms with Gasteiger partial charge in [0.15, 0.2) is 0 Å². The van der Waals surface area contributed by atoms with Crippen LogP contribution in [0.15, 0.2) is 30.3 Å². The van der Waals surface area contributed by atoms with E-state index in [1.807, 2.05) is 35.2 Å². The quantitative estimate of drug-likeness (QED) is 0.814. The molecule has 1 spiro atoms. The lowest BCUT2D eigenvalue weighted by Crippen LogP contribution is -2.44. The molecule has 0 bridgehead atoms. The van der Waals surface area contributed by atoms with E-state index < -0.39 is 0 Å². The molecule has 1 aromatic carbocycles. The highest BCUT2D eigenvalue weighted by molar-refractivity contribution is 5.99. The van der Waals surface area contributed by atoms with Gasteiger partial charge >= 0.3 is 0 Å². The van der Waals surface area contributed by atoms with Gasteiger partial charge in [0.1, 0.15) is 0 Å². The molecular weight excluding hydrogens is 236 g/mol. The normalized spacial score (nSPS) is 23.2. The Morgan fingerprint density at radius 2 is 1.68 bits per heavy atom.